The quantitative estimate of drug-likeness (QED) is 0.0726. The Morgan fingerprint density at radius 3 is 1.53 bits per heavy atom. The third kappa shape index (κ3) is 10.1. The molecule has 0 aromatic heterocycles. The second-order valence-corrected chi connectivity index (χ2v) is 13.7. The number of hydrogen-bond acceptors (Lipinski definition) is 4. The molecular formula is C50H51BO4. The third-order valence-electron chi connectivity index (χ3n) is 9.79. The molecule has 278 valence electrons. The average molecular weight is 727 g/mol. The molecule has 0 bridgehead atoms. The topological polar surface area (TPSA) is 58.9 Å². The first-order chi connectivity index (χ1) is 27.0. The van der Waals surface area contributed by atoms with Crippen LogP contribution in [0.25, 0.3) is 22.3 Å². The molecule has 6 aromatic rings. The molecule has 0 atom stereocenters. The van der Waals surface area contributed by atoms with Crippen molar-refractivity contribution < 1.29 is 19.5 Å². The molecule has 0 aliphatic rings. The molecule has 2 N–H and O–H groups in total. The zero-order valence-corrected chi connectivity index (χ0v) is 32.2. The van der Waals surface area contributed by atoms with Crippen molar-refractivity contribution in [3.8, 4) is 11.5 Å². The van der Waals surface area contributed by atoms with E-state index in [-0.39, 0.29) is 0 Å². The molecule has 0 spiro atoms. The Bertz CT molecular complexity index is 2130. The number of rotatable bonds is 17. The summed E-state index contributed by atoms with van der Waals surface area (Å²) in [7, 11) is -1.55. The van der Waals surface area contributed by atoms with Crippen LogP contribution in [0.4, 0.5) is 0 Å². The van der Waals surface area contributed by atoms with Crippen LogP contribution in [0.2, 0.25) is 0 Å². The van der Waals surface area contributed by atoms with E-state index in [9.17, 15) is 10.0 Å². The van der Waals surface area contributed by atoms with E-state index < -0.39 is 7.12 Å². The van der Waals surface area contributed by atoms with Crippen molar-refractivity contribution in [2.24, 2.45) is 0 Å². The summed E-state index contributed by atoms with van der Waals surface area (Å²) >= 11 is 0. The zero-order valence-electron chi connectivity index (χ0n) is 32.2. The summed E-state index contributed by atoms with van der Waals surface area (Å²) < 4.78 is 12.0. The molecule has 0 saturated carbocycles. The molecule has 0 unspecified atom stereocenters. The van der Waals surface area contributed by atoms with E-state index >= 15 is 0 Å². The predicted octanol–water partition coefficient (Wildman–Crippen LogP) is 10.9. The summed E-state index contributed by atoms with van der Waals surface area (Å²) in [5.41, 5.74) is 13.1. The van der Waals surface area contributed by atoms with Gasteiger partial charge < -0.3 is 19.5 Å². The van der Waals surface area contributed by atoms with Gasteiger partial charge in [0.15, 0.2) is 0 Å². The Labute approximate surface area is 327 Å². The van der Waals surface area contributed by atoms with Gasteiger partial charge in [0.05, 0.1) is 13.2 Å². The average Bonchev–Trinajstić information content (AvgIpc) is 3.24. The fraction of sp³-hybridized carbons (Fsp3) is 0.200. The fourth-order valence-electron chi connectivity index (χ4n) is 7.10. The highest BCUT2D eigenvalue weighted by Gasteiger charge is 2.19. The minimum absolute atomic E-state index is 0.471. The SMILES string of the molecule is CCCOc1ccc(/C(=C(\CC)c2cccc(OCCC)c2)c2ccc(CCC(=C(c3ccccc3)c3ccccc3)c3cccc(B(O)O)c3)cc2)cc1. The van der Waals surface area contributed by atoms with Crippen molar-refractivity contribution in [2.75, 3.05) is 13.2 Å². The minimum Gasteiger partial charge on any atom is -0.494 e. The maximum Gasteiger partial charge on any atom is 0.488 e. The molecule has 0 saturated heterocycles. The maximum atomic E-state index is 10.1. The highest BCUT2D eigenvalue weighted by Crippen LogP contribution is 2.38. The molecule has 6 aromatic carbocycles. The van der Waals surface area contributed by atoms with Crippen molar-refractivity contribution in [2.45, 2.75) is 52.9 Å². The maximum absolute atomic E-state index is 10.1. The van der Waals surface area contributed by atoms with Crippen LogP contribution in [-0.2, 0) is 6.42 Å². The lowest BCUT2D eigenvalue weighted by atomic mass is 9.77. The van der Waals surface area contributed by atoms with Crippen molar-refractivity contribution in [1.29, 1.82) is 0 Å². The van der Waals surface area contributed by atoms with Gasteiger partial charge in [-0.05, 0) is 123 Å². The summed E-state index contributed by atoms with van der Waals surface area (Å²) in [6, 6.07) is 54.5. The van der Waals surface area contributed by atoms with Crippen LogP contribution in [0.3, 0.4) is 0 Å². The smallest absolute Gasteiger partial charge is 0.488 e. The van der Waals surface area contributed by atoms with Crippen molar-refractivity contribution in [1.82, 2.24) is 0 Å². The molecule has 0 fully saturated rings. The number of allylic oxidation sites excluding steroid dienone is 2. The second-order valence-electron chi connectivity index (χ2n) is 13.7. The van der Waals surface area contributed by atoms with Crippen LogP contribution in [-0.4, -0.2) is 30.4 Å². The third-order valence-corrected chi connectivity index (χ3v) is 9.79. The Morgan fingerprint density at radius 2 is 0.964 bits per heavy atom. The molecule has 0 aliphatic carbocycles. The van der Waals surface area contributed by atoms with Crippen LogP contribution in [0.15, 0.2) is 158 Å². The summed E-state index contributed by atoms with van der Waals surface area (Å²) in [5, 5.41) is 20.2. The van der Waals surface area contributed by atoms with E-state index in [1.165, 1.54) is 16.7 Å². The van der Waals surface area contributed by atoms with Gasteiger partial charge in [0.2, 0.25) is 0 Å². The highest BCUT2D eigenvalue weighted by molar-refractivity contribution is 6.58. The van der Waals surface area contributed by atoms with Gasteiger partial charge in [0.25, 0.3) is 0 Å². The fourth-order valence-corrected chi connectivity index (χ4v) is 7.10. The van der Waals surface area contributed by atoms with Crippen LogP contribution in [0.1, 0.15) is 85.4 Å². The molecule has 4 nitrogen and oxygen atoms in total. The van der Waals surface area contributed by atoms with E-state index in [0.717, 1.165) is 88.1 Å². The molecule has 6 rings (SSSR count). The van der Waals surface area contributed by atoms with Crippen LogP contribution in [0.5, 0.6) is 11.5 Å². The van der Waals surface area contributed by atoms with Crippen LogP contribution >= 0.6 is 0 Å². The Morgan fingerprint density at radius 1 is 0.473 bits per heavy atom. The summed E-state index contributed by atoms with van der Waals surface area (Å²) in [6.45, 7) is 7.84. The van der Waals surface area contributed by atoms with Gasteiger partial charge in [-0.2, -0.15) is 0 Å². The molecule has 0 heterocycles. The van der Waals surface area contributed by atoms with Gasteiger partial charge >= 0.3 is 7.12 Å². The van der Waals surface area contributed by atoms with Gasteiger partial charge in [-0.15, -0.1) is 0 Å². The van der Waals surface area contributed by atoms with E-state index in [1.54, 1.807) is 6.07 Å². The minimum atomic E-state index is -1.55. The van der Waals surface area contributed by atoms with Crippen LogP contribution < -0.4 is 14.9 Å². The standard InChI is InChI=1S/C50H51BO4/c1-4-33-54-45-30-28-41(29-31-45)49(47(6-3)43-20-14-22-46(36-43)55-34-5-2)40-26-23-37(24-27-40)25-32-48(42-19-13-21-44(35-42)51(52)53)50(38-15-9-7-10-16-38)39-17-11-8-12-18-39/h7-24,26-31,35-36,52-53H,4-6,25,32-34H2,1-3H3/b49-47+. The lowest BCUT2D eigenvalue weighted by Gasteiger charge is -2.19. The summed E-state index contributed by atoms with van der Waals surface area (Å²) in [4.78, 5) is 0. The zero-order chi connectivity index (χ0) is 38.4. The first-order valence-corrected chi connectivity index (χ1v) is 19.6. The van der Waals surface area contributed by atoms with Gasteiger partial charge in [-0.3, -0.25) is 0 Å². The van der Waals surface area contributed by atoms with Gasteiger partial charge in [0, 0.05) is 0 Å². The number of ether oxygens (including phenoxy) is 2. The summed E-state index contributed by atoms with van der Waals surface area (Å²) in [5.74, 6) is 1.76. The Kier molecular flexibility index (Phi) is 14.0. The number of hydrogen-bond donors (Lipinski definition) is 2. The molecule has 5 heteroatoms. The predicted molar refractivity (Wildman–Crippen MR) is 230 cm³/mol. The van der Waals surface area contributed by atoms with Gasteiger partial charge in [0.1, 0.15) is 11.5 Å². The van der Waals surface area contributed by atoms with Crippen molar-refractivity contribution >= 4 is 34.9 Å². The second kappa shape index (κ2) is 19.6. The first-order valence-electron chi connectivity index (χ1n) is 19.6. The van der Waals surface area contributed by atoms with Crippen LogP contribution in [0, 0.1) is 0 Å². The van der Waals surface area contributed by atoms with E-state index in [4.69, 9.17) is 9.47 Å². The number of aryl methyl sites for hydroxylation is 1. The van der Waals surface area contributed by atoms with E-state index in [1.807, 2.05) is 30.3 Å². The summed E-state index contributed by atoms with van der Waals surface area (Å²) in [6.07, 6.45) is 4.31. The van der Waals surface area contributed by atoms with Gasteiger partial charge in [-0.25, -0.2) is 0 Å². The Hall–Kier alpha value is -5.62. The van der Waals surface area contributed by atoms with E-state index in [2.05, 4.69) is 142 Å². The highest BCUT2D eigenvalue weighted by atomic mass is 16.5. The lowest BCUT2D eigenvalue weighted by Crippen LogP contribution is -2.29. The Balaban J connectivity index is 1.40. The monoisotopic (exact) mass is 726 g/mol. The van der Waals surface area contributed by atoms with Gasteiger partial charge in [-0.1, -0.05) is 154 Å². The normalized spacial score (nSPS) is 11.4. The molecule has 55 heavy (non-hydrogen) atoms. The first kappa shape index (κ1) is 39.1. The number of benzene rings is 6. The largest absolute Gasteiger partial charge is 0.494 e. The van der Waals surface area contributed by atoms with Crippen molar-refractivity contribution in [3.05, 3.63) is 197 Å². The lowest BCUT2D eigenvalue weighted by molar-refractivity contribution is 0.317. The van der Waals surface area contributed by atoms with E-state index in [0.29, 0.717) is 18.7 Å². The molecule has 0 radical (unpaired) electrons. The molecular weight excluding hydrogens is 675 g/mol. The molecule has 0 aliphatic heterocycles. The van der Waals surface area contributed by atoms with Crippen molar-refractivity contribution in [3.63, 3.8) is 0 Å². The molecule has 0 amide bonds.